The maximum Gasteiger partial charge on any atom is 0.321 e. The number of sulfonamides is 1. The summed E-state index contributed by atoms with van der Waals surface area (Å²) in [5, 5.41) is 9.98. The fourth-order valence-corrected chi connectivity index (χ4v) is 3.60. The fourth-order valence-electron chi connectivity index (χ4n) is 3.08. The molecule has 1 aromatic carbocycles. The Kier molecular flexibility index (Phi) is 8.15. The van der Waals surface area contributed by atoms with E-state index in [1.807, 2.05) is 0 Å². The number of hydrogen-bond donors (Lipinski definition) is 3. The molecule has 0 aromatic heterocycles. The highest BCUT2D eigenvalue weighted by Gasteiger charge is 2.22. The van der Waals surface area contributed by atoms with Crippen LogP contribution in [0.2, 0.25) is 0 Å². The SMILES string of the molecule is CC(OC(=O)CCc1ccc(S(N)(=O)=O)cc1)C(=O)NC(=O)NC1CCCCC1. The first-order valence-electron chi connectivity index (χ1n) is 9.58. The summed E-state index contributed by atoms with van der Waals surface area (Å²) in [4.78, 5) is 35.8. The largest absolute Gasteiger partial charge is 0.453 e. The molecule has 0 spiro atoms. The van der Waals surface area contributed by atoms with Gasteiger partial charge in [-0.1, -0.05) is 31.4 Å². The minimum absolute atomic E-state index is 0.000607. The van der Waals surface area contributed by atoms with Gasteiger partial charge < -0.3 is 10.1 Å². The first-order valence-corrected chi connectivity index (χ1v) is 11.1. The number of nitrogens with one attached hydrogen (secondary N) is 2. The van der Waals surface area contributed by atoms with Crippen molar-refractivity contribution in [2.75, 3.05) is 0 Å². The number of amides is 3. The molecule has 1 aliphatic rings. The minimum atomic E-state index is -3.76. The molecule has 1 saturated carbocycles. The number of benzene rings is 1. The first kappa shape index (κ1) is 22.8. The van der Waals surface area contributed by atoms with E-state index in [1.54, 1.807) is 12.1 Å². The zero-order valence-corrected chi connectivity index (χ0v) is 17.2. The smallest absolute Gasteiger partial charge is 0.321 e. The van der Waals surface area contributed by atoms with Gasteiger partial charge in [-0.2, -0.15) is 0 Å². The Hall–Kier alpha value is -2.46. The zero-order valence-electron chi connectivity index (χ0n) is 16.3. The Morgan fingerprint density at radius 1 is 1.14 bits per heavy atom. The van der Waals surface area contributed by atoms with Crippen LogP contribution in [0.25, 0.3) is 0 Å². The summed E-state index contributed by atoms with van der Waals surface area (Å²) in [6.07, 6.45) is 4.25. The van der Waals surface area contributed by atoms with Crippen molar-refractivity contribution in [2.45, 2.75) is 68.9 Å². The average molecular weight is 426 g/mol. The number of hydrogen-bond acceptors (Lipinski definition) is 6. The van der Waals surface area contributed by atoms with E-state index in [2.05, 4.69) is 10.6 Å². The van der Waals surface area contributed by atoms with E-state index in [4.69, 9.17) is 9.88 Å². The average Bonchev–Trinajstić information content (AvgIpc) is 2.66. The molecule has 1 aliphatic carbocycles. The molecule has 0 bridgehead atoms. The van der Waals surface area contributed by atoms with E-state index < -0.39 is 34.0 Å². The normalized spacial score (nSPS) is 15.9. The van der Waals surface area contributed by atoms with Crippen molar-refractivity contribution < 1.29 is 27.5 Å². The Balaban J connectivity index is 1.73. The van der Waals surface area contributed by atoms with E-state index in [0.717, 1.165) is 37.7 Å². The molecule has 4 N–H and O–H groups in total. The summed E-state index contributed by atoms with van der Waals surface area (Å²) in [6.45, 7) is 1.39. The van der Waals surface area contributed by atoms with E-state index in [0.29, 0.717) is 6.42 Å². The van der Waals surface area contributed by atoms with Crippen molar-refractivity contribution in [3.63, 3.8) is 0 Å². The maximum atomic E-state index is 12.0. The van der Waals surface area contributed by atoms with Gasteiger partial charge in [-0.05, 0) is 43.9 Å². The standard InChI is InChI=1S/C19H27N3O6S/c1-13(18(24)22-19(25)21-15-5-3-2-4-6-15)28-17(23)12-9-14-7-10-16(11-8-14)29(20,26)27/h7-8,10-11,13,15H,2-6,9,12H2,1H3,(H2,20,26,27)(H2,21,22,24,25). The van der Waals surface area contributed by atoms with Crippen LogP contribution in [0.5, 0.6) is 0 Å². The van der Waals surface area contributed by atoms with E-state index in [1.165, 1.54) is 19.1 Å². The highest BCUT2D eigenvalue weighted by Crippen LogP contribution is 2.17. The Morgan fingerprint density at radius 3 is 2.34 bits per heavy atom. The molecule has 160 valence electrons. The van der Waals surface area contributed by atoms with Gasteiger partial charge in [-0.25, -0.2) is 18.4 Å². The Labute approximate surface area is 170 Å². The lowest BCUT2D eigenvalue weighted by Gasteiger charge is -2.23. The van der Waals surface area contributed by atoms with Gasteiger partial charge in [0.25, 0.3) is 5.91 Å². The van der Waals surface area contributed by atoms with Gasteiger partial charge >= 0.3 is 12.0 Å². The minimum Gasteiger partial charge on any atom is -0.453 e. The Bertz CT molecular complexity index is 832. The van der Waals surface area contributed by atoms with Crippen LogP contribution < -0.4 is 15.8 Å². The topological polar surface area (TPSA) is 145 Å². The van der Waals surface area contributed by atoms with Gasteiger partial charge in [0.15, 0.2) is 6.10 Å². The van der Waals surface area contributed by atoms with Crippen LogP contribution in [0.3, 0.4) is 0 Å². The number of imide groups is 1. The van der Waals surface area contributed by atoms with Crippen molar-refractivity contribution in [1.29, 1.82) is 0 Å². The molecule has 29 heavy (non-hydrogen) atoms. The Morgan fingerprint density at radius 2 is 1.76 bits per heavy atom. The molecule has 0 aliphatic heterocycles. The summed E-state index contributed by atoms with van der Waals surface area (Å²) in [5.41, 5.74) is 0.721. The zero-order chi connectivity index (χ0) is 21.4. The van der Waals surface area contributed by atoms with Crippen molar-refractivity contribution in [3.05, 3.63) is 29.8 Å². The van der Waals surface area contributed by atoms with Gasteiger partial charge in [-0.15, -0.1) is 0 Å². The molecule has 0 heterocycles. The van der Waals surface area contributed by atoms with Crippen LogP contribution >= 0.6 is 0 Å². The van der Waals surface area contributed by atoms with Gasteiger partial charge in [-0.3, -0.25) is 14.9 Å². The number of carbonyl (C=O) groups is 3. The number of urea groups is 1. The van der Waals surface area contributed by atoms with Crippen LogP contribution in [-0.2, 0) is 30.8 Å². The number of rotatable bonds is 7. The molecule has 2 rings (SSSR count). The first-order chi connectivity index (χ1) is 13.6. The molecule has 1 aromatic rings. The third-order valence-electron chi connectivity index (χ3n) is 4.72. The number of primary sulfonamides is 1. The van der Waals surface area contributed by atoms with Crippen LogP contribution in [-0.4, -0.2) is 38.5 Å². The molecule has 1 atom stereocenters. The number of aryl methyl sites for hydroxylation is 1. The van der Waals surface area contributed by atoms with Gasteiger partial charge in [0.05, 0.1) is 4.90 Å². The van der Waals surface area contributed by atoms with E-state index in [-0.39, 0.29) is 17.4 Å². The van der Waals surface area contributed by atoms with Crippen LogP contribution in [0, 0.1) is 0 Å². The number of ether oxygens (including phenoxy) is 1. The summed E-state index contributed by atoms with van der Waals surface area (Å²) < 4.78 is 27.5. The maximum absolute atomic E-state index is 12.0. The lowest BCUT2D eigenvalue weighted by atomic mass is 9.96. The highest BCUT2D eigenvalue weighted by molar-refractivity contribution is 7.89. The van der Waals surface area contributed by atoms with Gasteiger partial charge in [0.1, 0.15) is 0 Å². The summed E-state index contributed by atoms with van der Waals surface area (Å²) in [7, 11) is -3.76. The van der Waals surface area contributed by atoms with Crippen molar-refractivity contribution in [2.24, 2.45) is 5.14 Å². The molecule has 0 saturated heterocycles. The predicted octanol–water partition coefficient (Wildman–Crippen LogP) is 1.36. The molecule has 1 unspecified atom stereocenters. The van der Waals surface area contributed by atoms with Crippen molar-refractivity contribution >= 4 is 27.9 Å². The van der Waals surface area contributed by atoms with E-state index in [9.17, 15) is 22.8 Å². The van der Waals surface area contributed by atoms with Crippen LogP contribution in [0.15, 0.2) is 29.2 Å². The lowest BCUT2D eigenvalue weighted by molar-refractivity contribution is -0.154. The molecule has 3 amide bonds. The third kappa shape index (κ3) is 7.82. The lowest BCUT2D eigenvalue weighted by Crippen LogP contribution is -2.48. The monoisotopic (exact) mass is 425 g/mol. The highest BCUT2D eigenvalue weighted by atomic mass is 32.2. The predicted molar refractivity (Wildman–Crippen MR) is 105 cm³/mol. The summed E-state index contributed by atoms with van der Waals surface area (Å²) >= 11 is 0. The molecule has 9 nitrogen and oxygen atoms in total. The second-order valence-corrected chi connectivity index (χ2v) is 8.68. The third-order valence-corrected chi connectivity index (χ3v) is 5.65. The van der Waals surface area contributed by atoms with E-state index >= 15 is 0 Å². The molecular formula is C19H27N3O6S. The van der Waals surface area contributed by atoms with Crippen molar-refractivity contribution in [3.8, 4) is 0 Å². The molecule has 0 radical (unpaired) electrons. The van der Waals surface area contributed by atoms with Gasteiger partial charge in [0, 0.05) is 12.5 Å². The molecule has 1 fully saturated rings. The number of carbonyl (C=O) groups excluding carboxylic acids is 3. The van der Waals surface area contributed by atoms with Gasteiger partial charge in [0.2, 0.25) is 10.0 Å². The van der Waals surface area contributed by atoms with Crippen LogP contribution in [0.4, 0.5) is 4.79 Å². The number of nitrogens with two attached hydrogens (primary N) is 1. The molecule has 10 heteroatoms. The summed E-state index contributed by atoms with van der Waals surface area (Å²) in [6, 6.07) is 5.31. The second-order valence-electron chi connectivity index (χ2n) is 7.12. The van der Waals surface area contributed by atoms with Crippen molar-refractivity contribution in [1.82, 2.24) is 10.6 Å². The molecular weight excluding hydrogens is 398 g/mol. The number of esters is 1. The van der Waals surface area contributed by atoms with Crippen LogP contribution in [0.1, 0.15) is 51.0 Å². The fraction of sp³-hybridized carbons (Fsp3) is 0.526. The quantitative estimate of drug-likeness (QED) is 0.563. The second kappa shape index (κ2) is 10.4. The summed E-state index contributed by atoms with van der Waals surface area (Å²) in [5.74, 6) is -1.29.